The first-order valence-corrected chi connectivity index (χ1v) is 5.86. The molecule has 0 saturated heterocycles. The highest BCUT2D eigenvalue weighted by molar-refractivity contribution is 7.09. The molecule has 0 spiro atoms. The fraction of sp³-hybridized carbons (Fsp3) is 0.700. The van der Waals surface area contributed by atoms with Gasteiger partial charge in [-0.25, -0.2) is 4.98 Å². The number of thiazole rings is 1. The van der Waals surface area contributed by atoms with E-state index in [0.29, 0.717) is 12.5 Å². The summed E-state index contributed by atoms with van der Waals surface area (Å²) in [5.41, 5.74) is 0.509. The standard InChI is InChI=1S/C10H15F3N2S/c1-7(2)4-15(3)5-8-9(10(11,12)13)14-6-16-8/h6-7H,4-5H2,1-3H3. The zero-order chi connectivity index (χ0) is 12.3. The first-order valence-electron chi connectivity index (χ1n) is 4.98. The zero-order valence-electron chi connectivity index (χ0n) is 9.51. The lowest BCUT2D eigenvalue weighted by molar-refractivity contribution is -0.141. The normalized spacial score (nSPS) is 12.8. The van der Waals surface area contributed by atoms with Gasteiger partial charge in [-0.2, -0.15) is 13.2 Å². The van der Waals surface area contributed by atoms with E-state index in [1.165, 1.54) is 5.51 Å². The fourth-order valence-electron chi connectivity index (χ4n) is 1.55. The molecular weight excluding hydrogens is 237 g/mol. The summed E-state index contributed by atoms with van der Waals surface area (Å²) in [5, 5.41) is 0. The Hall–Kier alpha value is -0.620. The summed E-state index contributed by atoms with van der Waals surface area (Å²) in [6.07, 6.45) is -4.34. The van der Waals surface area contributed by atoms with Crippen LogP contribution in [0.4, 0.5) is 13.2 Å². The second-order valence-corrected chi connectivity index (χ2v) is 5.15. The van der Waals surface area contributed by atoms with Crippen molar-refractivity contribution in [1.82, 2.24) is 9.88 Å². The van der Waals surface area contributed by atoms with Crippen LogP contribution in [0.5, 0.6) is 0 Å². The number of halogens is 3. The van der Waals surface area contributed by atoms with Crippen molar-refractivity contribution in [2.75, 3.05) is 13.6 Å². The average Bonchev–Trinajstić information content (AvgIpc) is 2.48. The number of rotatable bonds is 4. The fourth-order valence-corrected chi connectivity index (χ4v) is 2.41. The van der Waals surface area contributed by atoms with Gasteiger partial charge < -0.3 is 4.90 Å². The predicted molar refractivity (Wildman–Crippen MR) is 58.3 cm³/mol. The average molecular weight is 252 g/mol. The van der Waals surface area contributed by atoms with E-state index in [9.17, 15) is 13.2 Å². The van der Waals surface area contributed by atoms with E-state index < -0.39 is 11.9 Å². The molecule has 0 saturated carbocycles. The van der Waals surface area contributed by atoms with Gasteiger partial charge in [0.2, 0.25) is 0 Å². The summed E-state index contributed by atoms with van der Waals surface area (Å²) >= 11 is 1.06. The van der Waals surface area contributed by atoms with Gasteiger partial charge in [-0.05, 0) is 13.0 Å². The van der Waals surface area contributed by atoms with Gasteiger partial charge in [0.1, 0.15) is 0 Å². The summed E-state index contributed by atoms with van der Waals surface area (Å²) in [5.74, 6) is 0.437. The van der Waals surface area contributed by atoms with Crippen LogP contribution in [0.15, 0.2) is 5.51 Å². The van der Waals surface area contributed by atoms with Crippen molar-refractivity contribution < 1.29 is 13.2 Å². The molecule has 0 aromatic carbocycles. The molecule has 92 valence electrons. The molecule has 0 aliphatic heterocycles. The minimum absolute atomic E-state index is 0.288. The topological polar surface area (TPSA) is 16.1 Å². The Morgan fingerprint density at radius 1 is 1.44 bits per heavy atom. The highest BCUT2D eigenvalue weighted by Crippen LogP contribution is 2.33. The van der Waals surface area contributed by atoms with Crippen molar-refractivity contribution in [3.05, 3.63) is 16.1 Å². The highest BCUT2D eigenvalue weighted by Gasteiger charge is 2.36. The van der Waals surface area contributed by atoms with Crippen molar-refractivity contribution in [2.45, 2.75) is 26.6 Å². The molecule has 2 nitrogen and oxygen atoms in total. The number of alkyl halides is 3. The number of aromatic nitrogens is 1. The minimum Gasteiger partial charge on any atom is -0.301 e. The van der Waals surface area contributed by atoms with Crippen LogP contribution in [-0.2, 0) is 12.7 Å². The summed E-state index contributed by atoms with van der Waals surface area (Å²) in [6, 6.07) is 0. The monoisotopic (exact) mass is 252 g/mol. The van der Waals surface area contributed by atoms with E-state index in [4.69, 9.17) is 0 Å². The van der Waals surface area contributed by atoms with Crippen molar-refractivity contribution in [3.63, 3.8) is 0 Å². The van der Waals surface area contributed by atoms with E-state index in [2.05, 4.69) is 4.98 Å². The van der Waals surface area contributed by atoms with Crippen LogP contribution in [0.2, 0.25) is 0 Å². The molecule has 1 rings (SSSR count). The van der Waals surface area contributed by atoms with Gasteiger partial charge in [0, 0.05) is 13.1 Å². The zero-order valence-corrected chi connectivity index (χ0v) is 10.3. The Morgan fingerprint density at radius 2 is 2.06 bits per heavy atom. The summed E-state index contributed by atoms with van der Waals surface area (Å²) in [6.45, 7) is 5.15. The lowest BCUT2D eigenvalue weighted by Gasteiger charge is -2.18. The maximum absolute atomic E-state index is 12.5. The number of nitrogens with zero attached hydrogens (tertiary/aromatic N) is 2. The van der Waals surface area contributed by atoms with E-state index in [0.717, 1.165) is 17.9 Å². The molecule has 0 amide bonds. The van der Waals surface area contributed by atoms with Crippen molar-refractivity contribution in [1.29, 1.82) is 0 Å². The van der Waals surface area contributed by atoms with Crippen LogP contribution in [0, 0.1) is 5.92 Å². The molecule has 0 radical (unpaired) electrons. The SMILES string of the molecule is CC(C)CN(C)Cc1scnc1C(F)(F)F. The third-order valence-corrected chi connectivity index (χ3v) is 2.82. The van der Waals surface area contributed by atoms with E-state index in [1.54, 1.807) is 0 Å². The van der Waals surface area contributed by atoms with Crippen LogP contribution in [0.25, 0.3) is 0 Å². The molecule has 6 heteroatoms. The summed E-state index contributed by atoms with van der Waals surface area (Å²) < 4.78 is 37.6. The molecule has 0 aliphatic rings. The maximum atomic E-state index is 12.5. The third kappa shape index (κ3) is 3.75. The maximum Gasteiger partial charge on any atom is 0.434 e. The van der Waals surface area contributed by atoms with Gasteiger partial charge in [-0.3, -0.25) is 0 Å². The molecule has 0 aliphatic carbocycles. The molecule has 0 unspecified atom stereocenters. The second kappa shape index (κ2) is 5.14. The molecule has 1 aromatic heterocycles. The Kier molecular flexibility index (Phi) is 4.32. The lowest BCUT2D eigenvalue weighted by Crippen LogP contribution is -2.23. The van der Waals surface area contributed by atoms with Crippen LogP contribution >= 0.6 is 11.3 Å². The second-order valence-electron chi connectivity index (χ2n) is 4.21. The minimum atomic E-state index is -4.34. The molecule has 0 N–H and O–H groups in total. The van der Waals surface area contributed by atoms with Crippen molar-refractivity contribution >= 4 is 11.3 Å². The molecule has 0 bridgehead atoms. The van der Waals surface area contributed by atoms with Gasteiger partial charge in [0.05, 0.1) is 10.4 Å². The van der Waals surface area contributed by atoms with Crippen LogP contribution in [0.3, 0.4) is 0 Å². The molecule has 0 fully saturated rings. The lowest BCUT2D eigenvalue weighted by atomic mass is 10.2. The van der Waals surface area contributed by atoms with Crippen LogP contribution < -0.4 is 0 Å². The largest absolute Gasteiger partial charge is 0.434 e. The van der Waals surface area contributed by atoms with Gasteiger partial charge in [-0.1, -0.05) is 13.8 Å². The van der Waals surface area contributed by atoms with Crippen LogP contribution in [0.1, 0.15) is 24.4 Å². The van der Waals surface area contributed by atoms with E-state index in [1.807, 2.05) is 25.8 Å². The first kappa shape index (κ1) is 13.4. The van der Waals surface area contributed by atoms with Gasteiger partial charge in [0.15, 0.2) is 5.69 Å². The van der Waals surface area contributed by atoms with Gasteiger partial charge >= 0.3 is 6.18 Å². The third-order valence-electron chi connectivity index (χ3n) is 2.00. The van der Waals surface area contributed by atoms with Gasteiger partial charge in [0.25, 0.3) is 0 Å². The van der Waals surface area contributed by atoms with Crippen LogP contribution in [-0.4, -0.2) is 23.5 Å². The van der Waals surface area contributed by atoms with E-state index in [-0.39, 0.29) is 4.88 Å². The van der Waals surface area contributed by atoms with Gasteiger partial charge in [-0.15, -0.1) is 11.3 Å². The Labute approximate surface area is 97.1 Å². The Balaban J connectivity index is 2.71. The number of hydrogen-bond acceptors (Lipinski definition) is 3. The molecule has 1 heterocycles. The molecular formula is C10H15F3N2S. The predicted octanol–water partition coefficient (Wildman–Crippen LogP) is 3.25. The smallest absolute Gasteiger partial charge is 0.301 e. The van der Waals surface area contributed by atoms with Crippen molar-refractivity contribution in [2.24, 2.45) is 5.92 Å². The van der Waals surface area contributed by atoms with Crippen molar-refractivity contribution in [3.8, 4) is 0 Å². The van der Waals surface area contributed by atoms with E-state index >= 15 is 0 Å². The first-order chi connectivity index (χ1) is 7.30. The Morgan fingerprint density at radius 3 is 2.56 bits per heavy atom. The summed E-state index contributed by atoms with van der Waals surface area (Å²) in [4.78, 5) is 5.56. The number of hydrogen-bond donors (Lipinski definition) is 0. The molecule has 16 heavy (non-hydrogen) atoms. The quantitative estimate of drug-likeness (QED) is 0.817. The molecule has 1 aromatic rings. The highest BCUT2D eigenvalue weighted by atomic mass is 32.1. The Bertz CT molecular complexity index is 333. The summed E-state index contributed by atoms with van der Waals surface area (Å²) in [7, 11) is 1.82. The molecule has 0 atom stereocenters.